The minimum Gasteiger partial charge on any atom is -0.453 e. The summed E-state index contributed by atoms with van der Waals surface area (Å²) in [4.78, 5) is 11.5. The number of ether oxygens (including phenoxy) is 1. The number of hydrogen-bond acceptors (Lipinski definition) is 2. The van der Waals surface area contributed by atoms with Gasteiger partial charge in [-0.05, 0) is 17.5 Å². The molecule has 15 heavy (non-hydrogen) atoms. The molecule has 0 saturated carbocycles. The Morgan fingerprint density at radius 3 is 2.93 bits per heavy atom. The minimum absolute atomic E-state index is 0.0730. The molecule has 0 radical (unpaired) electrons. The van der Waals surface area contributed by atoms with Gasteiger partial charge >= 0.3 is 5.97 Å². The molecule has 3 heteroatoms. The van der Waals surface area contributed by atoms with Crippen LogP contribution in [0.1, 0.15) is 24.0 Å². The highest BCUT2D eigenvalue weighted by molar-refractivity contribution is 9.09. The van der Waals surface area contributed by atoms with Gasteiger partial charge < -0.3 is 4.74 Å². The fourth-order valence-electron chi connectivity index (χ4n) is 2.64. The van der Waals surface area contributed by atoms with Crippen molar-refractivity contribution in [1.82, 2.24) is 0 Å². The molecule has 1 saturated heterocycles. The second-order valence-corrected chi connectivity index (χ2v) is 5.30. The highest BCUT2D eigenvalue weighted by Gasteiger charge is 2.52. The van der Waals surface area contributed by atoms with E-state index in [1.54, 1.807) is 0 Å². The lowest BCUT2D eigenvalue weighted by Crippen LogP contribution is -2.31. The van der Waals surface area contributed by atoms with Gasteiger partial charge in [0, 0.05) is 12.8 Å². The lowest BCUT2D eigenvalue weighted by molar-refractivity contribution is -0.148. The third kappa shape index (κ3) is 1.19. The van der Waals surface area contributed by atoms with Crippen LogP contribution in [0, 0.1) is 0 Å². The molecule has 1 fully saturated rings. The van der Waals surface area contributed by atoms with Crippen molar-refractivity contribution in [3.8, 4) is 0 Å². The van der Waals surface area contributed by atoms with Crippen molar-refractivity contribution in [1.29, 1.82) is 0 Å². The molecule has 1 heterocycles. The molecule has 0 bridgehead atoms. The Bertz CT molecular complexity index is 429. The van der Waals surface area contributed by atoms with Crippen LogP contribution in [0.4, 0.5) is 0 Å². The quantitative estimate of drug-likeness (QED) is 0.533. The standard InChI is InChI=1S/C12H11BrO2/c13-10-7-8-3-1-2-4-9(8)12(10)6-5-11(14)15-12/h1-4,10H,5-7H2/t10-,12+/m0/s1. The van der Waals surface area contributed by atoms with Crippen molar-refractivity contribution in [3.05, 3.63) is 35.4 Å². The molecule has 2 atom stereocenters. The van der Waals surface area contributed by atoms with Gasteiger partial charge in [-0.2, -0.15) is 0 Å². The van der Waals surface area contributed by atoms with Gasteiger partial charge in [-0.25, -0.2) is 0 Å². The third-order valence-corrected chi connectivity index (χ3v) is 4.44. The zero-order valence-electron chi connectivity index (χ0n) is 8.20. The number of carbonyl (C=O) groups is 1. The van der Waals surface area contributed by atoms with E-state index < -0.39 is 0 Å². The third-order valence-electron chi connectivity index (χ3n) is 3.37. The van der Waals surface area contributed by atoms with Crippen LogP contribution < -0.4 is 0 Å². The second kappa shape index (κ2) is 3.08. The SMILES string of the molecule is O=C1CC[C@@]2(O1)c1ccccc1C[C@@H]2Br. The van der Waals surface area contributed by atoms with E-state index in [4.69, 9.17) is 4.74 Å². The van der Waals surface area contributed by atoms with Crippen molar-refractivity contribution >= 4 is 21.9 Å². The second-order valence-electron chi connectivity index (χ2n) is 4.19. The zero-order valence-corrected chi connectivity index (χ0v) is 9.79. The van der Waals surface area contributed by atoms with Crippen LogP contribution in [0.5, 0.6) is 0 Å². The van der Waals surface area contributed by atoms with E-state index in [0.717, 1.165) is 12.8 Å². The Kier molecular flexibility index (Phi) is 1.93. The Morgan fingerprint density at radius 2 is 2.20 bits per heavy atom. The lowest BCUT2D eigenvalue weighted by atomic mass is 9.93. The van der Waals surface area contributed by atoms with Gasteiger partial charge in [0.2, 0.25) is 0 Å². The summed E-state index contributed by atoms with van der Waals surface area (Å²) in [5.41, 5.74) is 2.11. The first-order valence-corrected chi connectivity index (χ1v) is 6.08. The van der Waals surface area contributed by atoms with E-state index in [-0.39, 0.29) is 16.4 Å². The Hall–Kier alpha value is -0.830. The molecule has 0 aromatic heterocycles. The summed E-state index contributed by atoms with van der Waals surface area (Å²) in [5.74, 6) is -0.0730. The van der Waals surface area contributed by atoms with Gasteiger partial charge in [0.05, 0.1) is 4.83 Å². The number of carbonyl (C=O) groups excluding carboxylic acids is 1. The van der Waals surface area contributed by atoms with Crippen molar-refractivity contribution < 1.29 is 9.53 Å². The van der Waals surface area contributed by atoms with E-state index >= 15 is 0 Å². The fourth-order valence-corrected chi connectivity index (χ4v) is 3.56. The first kappa shape index (κ1) is 9.40. The summed E-state index contributed by atoms with van der Waals surface area (Å²) < 4.78 is 5.56. The number of halogens is 1. The molecule has 0 amide bonds. The van der Waals surface area contributed by atoms with Crippen molar-refractivity contribution in [2.24, 2.45) is 0 Å². The van der Waals surface area contributed by atoms with Gasteiger partial charge in [-0.3, -0.25) is 4.79 Å². The summed E-state index contributed by atoms with van der Waals surface area (Å²) >= 11 is 3.65. The van der Waals surface area contributed by atoms with Gasteiger partial charge in [0.25, 0.3) is 0 Å². The first-order valence-electron chi connectivity index (χ1n) is 5.17. The van der Waals surface area contributed by atoms with E-state index in [1.807, 2.05) is 12.1 Å². The average molecular weight is 267 g/mol. The van der Waals surface area contributed by atoms with Crippen molar-refractivity contribution in [2.75, 3.05) is 0 Å². The van der Waals surface area contributed by atoms with Crippen LogP contribution in [0.25, 0.3) is 0 Å². The van der Waals surface area contributed by atoms with Crippen LogP contribution in [0.15, 0.2) is 24.3 Å². The normalized spacial score (nSPS) is 33.1. The highest BCUT2D eigenvalue weighted by Crippen LogP contribution is 2.49. The maximum absolute atomic E-state index is 11.3. The largest absolute Gasteiger partial charge is 0.453 e. The van der Waals surface area contributed by atoms with Crippen LogP contribution in [0.2, 0.25) is 0 Å². The van der Waals surface area contributed by atoms with Crippen LogP contribution in [-0.4, -0.2) is 10.8 Å². The fraction of sp³-hybridized carbons (Fsp3) is 0.417. The van der Waals surface area contributed by atoms with Crippen molar-refractivity contribution in [3.63, 3.8) is 0 Å². The van der Waals surface area contributed by atoms with E-state index in [2.05, 4.69) is 28.1 Å². The molecule has 1 spiro atoms. The van der Waals surface area contributed by atoms with Gasteiger partial charge in [0.15, 0.2) is 5.60 Å². The van der Waals surface area contributed by atoms with Crippen LogP contribution in [0.3, 0.4) is 0 Å². The number of hydrogen-bond donors (Lipinski definition) is 0. The summed E-state index contributed by atoms with van der Waals surface area (Å²) in [5, 5.41) is 0. The smallest absolute Gasteiger partial charge is 0.306 e. The van der Waals surface area contributed by atoms with Crippen molar-refractivity contribution in [2.45, 2.75) is 29.7 Å². The monoisotopic (exact) mass is 266 g/mol. The number of benzene rings is 1. The molecular formula is C12H11BrO2. The molecule has 2 aliphatic rings. The molecule has 1 aliphatic heterocycles. The number of fused-ring (bicyclic) bond motifs is 2. The summed E-state index contributed by atoms with van der Waals surface area (Å²) in [6.07, 6.45) is 2.29. The van der Waals surface area contributed by atoms with Gasteiger partial charge in [-0.1, -0.05) is 40.2 Å². The number of alkyl halides is 1. The Labute approximate surface area is 96.8 Å². The van der Waals surface area contributed by atoms with E-state index in [1.165, 1.54) is 11.1 Å². The Morgan fingerprint density at radius 1 is 1.40 bits per heavy atom. The summed E-state index contributed by atoms with van der Waals surface area (Å²) in [6.45, 7) is 0. The molecule has 1 aromatic carbocycles. The Balaban J connectivity index is 2.13. The maximum Gasteiger partial charge on any atom is 0.306 e. The predicted molar refractivity (Wildman–Crippen MR) is 59.9 cm³/mol. The molecule has 0 unspecified atom stereocenters. The zero-order chi connectivity index (χ0) is 10.5. The molecular weight excluding hydrogens is 256 g/mol. The molecule has 78 valence electrons. The molecule has 0 N–H and O–H groups in total. The topological polar surface area (TPSA) is 26.3 Å². The molecule has 1 aliphatic carbocycles. The number of esters is 1. The lowest BCUT2D eigenvalue weighted by Gasteiger charge is -2.27. The predicted octanol–water partition coefficient (Wildman–Crippen LogP) is 2.54. The first-order chi connectivity index (χ1) is 7.22. The van der Waals surface area contributed by atoms with Crippen LogP contribution >= 0.6 is 15.9 Å². The average Bonchev–Trinajstić information content (AvgIpc) is 2.73. The van der Waals surface area contributed by atoms with E-state index in [0.29, 0.717) is 6.42 Å². The molecule has 1 aromatic rings. The molecule has 3 rings (SSSR count). The van der Waals surface area contributed by atoms with E-state index in [9.17, 15) is 4.79 Å². The minimum atomic E-state index is -0.381. The van der Waals surface area contributed by atoms with Crippen LogP contribution in [-0.2, 0) is 21.6 Å². The molecule has 2 nitrogen and oxygen atoms in total. The maximum atomic E-state index is 11.3. The highest BCUT2D eigenvalue weighted by atomic mass is 79.9. The van der Waals surface area contributed by atoms with Gasteiger partial charge in [-0.15, -0.1) is 0 Å². The van der Waals surface area contributed by atoms with Gasteiger partial charge in [0.1, 0.15) is 0 Å². The number of rotatable bonds is 0. The summed E-state index contributed by atoms with van der Waals surface area (Å²) in [7, 11) is 0. The summed E-state index contributed by atoms with van der Waals surface area (Å²) in [6, 6.07) is 8.24.